The fourth-order valence-corrected chi connectivity index (χ4v) is 7.61. The Bertz CT molecular complexity index is 1360. The summed E-state index contributed by atoms with van der Waals surface area (Å²) in [5.74, 6) is -1.08. The second kappa shape index (κ2) is 25.6. The predicted octanol–water partition coefficient (Wildman–Crippen LogP) is 3.99. The number of aliphatic hydroxyl groups is 1. The number of carbonyl (C=O) groups is 4. The van der Waals surface area contributed by atoms with Crippen molar-refractivity contribution >= 4 is 35.0 Å². The van der Waals surface area contributed by atoms with E-state index in [9.17, 15) is 19.2 Å². The van der Waals surface area contributed by atoms with Crippen molar-refractivity contribution in [2.75, 3.05) is 55.6 Å². The average molecular weight is 777 g/mol. The first-order chi connectivity index (χ1) is 25.7. The van der Waals surface area contributed by atoms with Crippen LogP contribution in [0.3, 0.4) is 0 Å². The van der Waals surface area contributed by atoms with Crippen molar-refractivity contribution in [3.8, 4) is 0 Å². The average Bonchev–Trinajstić information content (AvgIpc) is 3.87. The number of carbonyl (C=O) groups excluding carboxylic acids is 4. The molecule has 1 fully saturated rings. The van der Waals surface area contributed by atoms with Crippen molar-refractivity contribution in [3.63, 3.8) is 0 Å². The Hall–Kier alpha value is -3.43. The maximum absolute atomic E-state index is 13.9. The van der Waals surface area contributed by atoms with Gasteiger partial charge in [-0.3, -0.25) is 24.1 Å². The third kappa shape index (κ3) is 15.0. The number of rotatable bonds is 18. The van der Waals surface area contributed by atoms with E-state index in [1.807, 2.05) is 82.1 Å². The van der Waals surface area contributed by atoms with Crippen molar-refractivity contribution in [1.29, 1.82) is 0 Å². The molecule has 0 aliphatic carbocycles. The molecule has 1 aliphatic heterocycles. The highest BCUT2D eigenvalue weighted by molar-refractivity contribution is 7.09. The molecule has 54 heavy (non-hydrogen) atoms. The van der Waals surface area contributed by atoms with Gasteiger partial charge in [-0.05, 0) is 45.7 Å². The SMILES string of the molecule is CCC(C)C(C(CC(=O)N1CCCC1C(OC)C(C)C(=O)NCc1nccs1)OC)N(C)C(=O)CNC(=O)C(C(C)C)N(C)C.CO.Cc1ccccc1. The number of benzene rings is 1. The summed E-state index contributed by atoms with van der Waals surface area (Å²) >= 11 is 1.48. The van der Waals surface area contributed by atoms with E-state index in [2.05, 4.69) is 34.7 Å². The van der Waals surface area contributed by atoms with E-state index in [1.54, 1.807) is 32.4 Å². The molecule has 1 aliphatic rings. The number of aliphatic hydroxyl groups excluding tert-OH is 1. The molecule has 2 aromatic rings. The number of aryl methyl sites for hydroxylation is 1. The van der Waals surface area contributed by atoms with Crippen LogP contribution in [0, 0.1) is 24.7 Å². The van der Waals surface area contributed by atoms with Crippen molar-refractivity contribution in [2.24, 2.45) is 17.8 Å². The van der Waals surface area contributed by atoms with Crippen LogP contribution >= 0.6 is 11.3 Å². The van der Waals surface area contributed by atoms with Crippen LogP contribution in [0.5, 0.6) is 0 Å². The van der Waals surface area contributed by atoms with Gasteiger partial charge in [0.2, 0.25) is 23.6 Å². The lowest BCUT2D eigenvalue weighted by atomic mass is 9.90. The first-order valence-corrected chi connectivity index (χ1v) is 19.7. The van der Waals surface area contributed by atoms with Crippen molar-refractivity contribution in [2.45, 2.75) is 104 Å². The van der Waals surface area contributed by atoms with E-state index in [-0.39, 0.29) is 60.5 Å². The minimum Gasteiger partial charge on any atom is -0.400 e. The number of thiazole rings is 1. The second-order valence-corrected chi connectivity index (χ2v) is 15.3. The first kappa shape index (κ1) is 48.6. The van der Waals surface area contributed by atoms with Crippen molar-refractivity contribution in [3.05, 3.63) is 52.5 Å². The molecule has 1 aromatic carbocycles. The quantitative estimate of drug-likeness (QED) is 0.204. The first-order valence-electron chi connectivity index (χ1n) is 18.8. The number of likely N-dealkylation sites (tertiary alicyclic amines) is 1. The van der Waals surface area contributed by atoms with E-state index < -0.39 is 24.2 Å². The van der Waals surface area contributed by atoms with Crippen LogP contribution in [0.25, 0.3) is 0 Å². The van der Waals surface area contributed by atoms with E-state index >= 15 is 0 Å². The third-order valence-corrected chi connectivity index (χ3v) is 10.8. The summed E-state index contributed by atoms with van der Waals surface area (Å²) in [5, 5.41) is 15.4. The van der Waals surface area contributed by atoms with E-state index in [4.69, 9.17) is 14.6 Å². The highest BCUT2D eigenvalue weighted by Gasteiger charge is 2.42. The lowest BCUT2D eigenvalue weighted by molar-refractivity contribution is -0.146. The molecule has 306 valence electrons. The Morgan fingerprint density at radius 2 is 1.65 bits per heavy atom. The van der Waals surface area contributed by atoms with Gasteiger partial charge < -0.3 is 35.0 Å². The Balaban J connectivity index is 0.00000143. The van der Waals surface area contributed by atoms with E-state index in [0.717, 1.165) is 31.4 Å². The Kier molecular flexibility index (Phi) is 23.0. The maximum Gasteiger partial charge on any atom is 0.242 e. The number of likely N-dealkylation sites (N-methyl/N-ethyl adjacent to an activating group) is 2. The van der Waals surface area contributed by atoms with Gasteiger partial charge in [-0.1, -0.05) is 76.9 Å². The molecule has 3 rings (SSSR count). The highest BCUT2D eigenvalue weighted by atomic mass is 32.1. The monoisotopic (exact) mass is 776 g/mol. The summed E-state index contributed by atoms with van der Waals surface area (Å²) < 4.78 is 11.7. The van der Waals surface area contributed by atoms with Gasteiger partial charge in [0.1, 0.15) is 5.01 Å². The van der Waals surface area contributed by atoms with Gasteiger partial charge in [0, 0.05) is 46.5 Å². The minimum atomic E-state index is -0.566. The number of hydrogen-bond acceptors (Lipinski definition) is 10. The van der Waals surface area contributed by atoms with Gasteiger partial charge in [0.15, 0.2) is 0 Å². The smallest absolute Gasteiger partial charge is 0.242 e. The van der Waals surface area contributed by atoms with E-state index in [0.29, 0.717) is 13.1 Å². The standard InChI is InChI=1S/C32H56N6O6S.C7H8.CH4O/c1-11-21(4)29(37(8)27(40)19-35-32(42)28(20(2)3)36(6)7)24(43-9)17-26(39)38-15-12-13-23(38)30(44-10)22(5)31(41)34-18-25-33-14-16-45-25;1-7-5-3-2-4-6-7;1-2/h14,16,20-24,28-30H,11-13,15,17-19H2,1-10H3,(H,34,41)(H,35,42);2-6H,1H3;2H,1H3. The molecular weight excluding hydrogens is 709 g/mol. The number of nitrogens with one attached hydrogen (secondary N) is 2. The zero-order valence-corrected chi connectivity index (χ0v) is 35.5. The Morgan fingerprint density at radius 1 is 1.00 bits per heavy atom. The number of methoxy groups -OCH3 is 2. The van der Waals surface area contributed by atoms with Gasteiger partial charge in [-0.2, -0.15) is 0 Å². The number of nitrogens with zero attached hydrogens (tertiary/aromatic N) is 4. The Morgan fingerprint density at radius 3 is 2.13 bits per heavy atom. The summed E-state index contributed by atoms with van der Waals surface area (Å²) in [6.07, 6.45) is 3.02. The van der Waals surface area contributed by atoms with Crippen molar-refractivity contribution in [1.82, 2.24) is 30.3 Å². The van der Waals surface area contributed by atoms with Gasteiger partial charge in [-0.25, -0.2) is 4.98 Å². The van der Waals surface area contributed by atoms with Crippen LogP contribution in [0.1, 0.15) is 70.9 Å². The summed E-state index contributed by atoms with van der Waals surface area (Å²) in [6, 6.07) is 9.26. The largest absolute Gasteiger partial charge is 0.400 e. The molecule has 1 aromatic heterocycles. The topological polar surface area (TPSA) is 154 Å². The van der Waals surface area contributed by atoms with Crippen LogP contribution in [0.15, 0.2) is 41.9 Å². The van der Waals surface area contributed by atoms with Gasteiger partial charge in [0.05, 0.1) is 55.8 Å². The van der Waals surface area contributed by atoms with Gasteiger partial charge >= 0.3 is 0 Å². The number of hydrogen-bond donors (Lipinski definition) is 3. The summed E-state index contributed by atoms with van der Waals surface area (Å²) in [7, 11) is 9.53. The van der Waals surface area contributed by atoms with Crippen molar-refractivity contribution < 1.29 is 33.8 Å². The minimum absolute atomic E-state index is 0.0280. The van der Waals surface area contributed by atoms with Crippen LogP contribution in [0.2, 0.25) is 0 Å². The summed E-state index contributed by atoms with van der Waals surface area (Å²) in [4.78, 5) is 62.6. The fraction of sp³-hybridized carbons (Fsp3) is 0.675. The molecule has 3 N–H and O–H groups in total. The summed E-state index contributed by atoms with van der Waals surface area (Å²) in [6.45, 7) is 12.7. The van der Waals surface area contributed by atoms with Crippen LogP contribution in [-0.4, -0.2) is 134 Å². The Labute approximate surface area is 328 Å². The molecule has 4 amide bonds. The number of ether oxygens (including phenoxy) is 2. The fourth-order valence-electron chi connectivity index (χ4n) is 7.05. The molecular formula is C40H68N6O7S. The zero-order valence-electron chi connectivity index (χ0n) is 34.7. The molecule has 0 saturated carbocycles. The van der Waals surface area contributed by atoms with Gasteiger partial charge in [-0.15, -0.1) is 11.3 Å². The third-order valence-electron chi connectivity index (χ3n) is 10.0. The molecule has 14 heteroatoms. The predicted molar refractivity (Wildman–Crippen MR) is 215 cm³/mol. The normalized spacial score (nSPS) is 17.2. The van der Waals surface area contributed by atoms with Gasteiger partial charge in [0.25, 0.3) is 0 Å². The molecule has 0 radical (unpaired) electrons. The zero-order chi connectivity index (χ0) is 41.0. The maximum atomic E-state index is 13.9. The lowest BCUT2D eigenvalue weighted by Crippen LogP contribution is -2.55. The molecule has 7 unspecified atom stereocenters. The number of amides is 4. The highest BCUT2D eigenvalue weighted by Crippen LogP contribution is 2.29. The molecule has 2 heterocycles. The van der Waals surface area contributed by atoms with Crippen LogP contribution < -0.4 is 10.6 Å². The molecule has 13 nitrogen and oxygen atoms in total. The molecule has 1 saturated heterocycles. The second-order valence-electron chi connectivity index (χ2n) is 14.3. The van der Waals surface area contributed by atoms with Crippen LogP contribution in [-0.2, 0) is 35.2 Å². The number of aromatic nitrogens is 1. The van der Waals surface area contributed by atoms with Crippen LogP contribution in [0.4, 0.5) is 0 Å². The molecule has 0 bridgehead atoms. The lowest BCUT2D eigenvalue weighted by Gasteiger charge is -2.39. The molecule has 7 atom stereocenters. The summed E-state index contributed by atoms with van der Waals surface area (Å²) in [5.41, 5.74) is 1.32. The molecule has 0 spiro atoms. The van der Waals surface area contributed by atoms with E-state index in [1.165, 1.54) is 16.9 Å².